The van der Waals surface area contributed by atoms with Gasteiger partial charge in [-0.2, -0.15) is 5.26 Å². The van der Waals surface area contributed by atoms with E-state index in [2.05, 4.69) is 5.32 Å². The summed E-state index contributed by atoms with van der Waals surface area (Å²) in [5, 5.41) is 11.2. The summed E-state index contributed by atoms with van der Waals surface area (Å²) in [6.45, 7) is 3.41. The van der Waals surface area contributed by atoms with Gasteiger partial charge in [-0.25, -0.2) is 4.79 Å². The molecule has 4 heteroatoms. The quantitative estimate of drug-likeness (QED) is 0.610. The Morgan fingerprint density at radius 1 is 1.31 bits per heavy atom. The van der Waals surface area contributed by atoms with E-state index >= 15 is 0 Å². The van der Waals surface area contributed by atoms with E-state index in [-0.39, 0.29) is 5.76 Å². The molecule has 0 aliphatic carbocycles. The summed E-state index contributed by atoms with van der Waals surface area (Å²) >= 11 is 0. The summed E-state index contributed by atoms with van der Waals surface area (Å²) in [5.74, 6) is 0.0217. The number of rotatable bonds is 2. The van der Waals surface area contributed by atoms with E-state index in [1.807, 2.05) is 12.1 Å². The second-order valence-electron chi connectivity index (χ2n) is 3.32. The number of nitriles is 1. The number of amides is 1. The lowest BCUT2D eigenvalue weighted by atomic mass is 10.3. The first-order chi connectivity index (χ1) is 7.63. The first-order valence-corrected chi connectivity index (χ1v) is 4.75. The smallest absolute Gasteiger partial charge is 0.399 e. The maximum absolute atomic E-state index is 11.4. The maximum Gasteiger partial charge on any atom is 0.417 e. The monoisotopic (exact) mass is 216 g/mol. The summed E-state index contributed by atoms with van der Waals surface area (Å²) in [5.41, 5.74) is 1.28. The Hall–Kier alpha value is -2.28. The van der Waals surface area contributed by atoms with Crippen LogP contribution in [0.5, 0.6) is 0 Å². The fraction of sp³-hybridized carbons (Fsp3) is 0.167. The van der Waals surface area contributed by atoms with Crippen molar-refractivity contribution in [2.24, 2.45) is 0 Å². The number of ether oxygens (including phenoxy) is 1. The molecule has 16 heavy (non-hydrogen) atoms. The number of carbonyl (C=O) groups is 1. The Bertz CT molecular complexity index is 440. The van der Waals surface area contributed by atoms with Gasteiger partial charge in [-0.15, -0.1) is 0 Å². The van der Waals surface area contributed by atoms with Crippen molar-refractivity contribution in [2.45, 2.75) is 13.8 Å². The molecule has 0 fully saturated rings. The lowest BCUT2D eigenvalue weighted by molar-refractivity contribution is 0.194. The number of benzene rings is 1. The zero-order valence-corrected chi connectivity index (χ0v) is 9.15. The minimum atomic E-state index is -0.663. The first-order valence-electron chi connectivity index (χ1n) is 4.75. The molecule has 0 bridgehead atoms. The molecule has 0 saturated carbocycles. The number of hydrogen-bond acceptors (Lipinski definition) is 3. The largest absolute Gasteiger partial charge is 0.417 e. The van der Waals surface area contributed by atoms with E-state index in [0.717, 1.165) is 0 Å². The van der Waals surface area contributed by atoms with Crippen molar-refractivity contribution in [2.75, 3.05) is 5.32 Å². The van der Waals surface area contributed by atoms with Crippen LogP contribution in [0.2, 0.25) is 0 Å². The van der Waals surface area contributed by atoms with Crippen LogP contribution in [0.15, 0.2) is 41.7 Å². The molecule has 0 unspecified atom stereocenters. The van der Waals surface area contributed by atoms with Gasteiger partial charge < -0.3 is 4.74 Å². The Kier molecular flexibility index (Phi) is 4.10. The highest BCUT2D eigenvalue weighted by Crippen LogP contribution is 2.08. The number of nitrogens with one attached hydrogen (secondary N) is 1. The number of hydrogen-bond donors (Lipinski definition) is 1. The van der Waals surface area contributed by atoms with Gasteiger partial charge in [-0.05, 0) is 31.6 Å². The minimum Gasteiger partial charge on any atom is -0.399 e. The van der Waals surface area contributed by atoms with Gasteiger partial charge in [-0.3, -0.25) is 5.32 Å². The third-order valence-corrected chi connectivity index (χ3v) is 1.77. The van der Waals surface area contributed by atoms with Gasteiger partial charge >= 0.3 is 6.09 Å². The number of para-hydroxylation sites is 1. The van der Waals surface area contributed by atoms with Gasteiger partial charge in [-0.1, -0.05) is 18.2 Å². The van der Waals surface area contributed by atoms with Gasteiger partial charge in [0.25, 0.3) is 0 Å². The first kappa shape index (κ1) is 11.8. The van der Waals surface area contributed by atoms with Crippen LogP contribution in [0.3, 0.4) is 0 Å². The van der Waals surface area contributed by atoms with Crippen LogP contribution in [0.4, 0.5) is 10.5 Å². The second kappa shape index (κ2) is 5.56. The summed E-state index contributed by atoms with van der Waals surface area (Å²) in [6, 6.07) is 10.7. The van der Waals surface area contributed by atoms with E-state index in [1.165, 1.54) is 0 Å². The fourth-order valence-corrected chi connectivity index (χ4v) is 0.994. The molecule has 1 aromatic rings. The van der Waals surface area contributed by atoms with Crippen LogP contribution in [0, 0.1) is 11.3 Å². The van der Waals surface area contributed by atoms with Crippen LogP contribution in [-0.2, 0) is 4.74 Å². The van der Waals surface area contributed by atoms with E-state index in [4.69, 9.17) is 10.00 Å². The van der Waals surface area contributed by atoms with Crippen LogP contribution in [-0.4, -0.2) is 6.09 Å². The molecule has 82 valence electrons. The highest BCUT2D eigenvalue weighted by Gasteiger charge is 2.07. The van der Waals surface area contributed by atoms with Gasteiger partial charge in [0, 0.05) is 5.69 Å². The number of carbonyl (C=O) groups excluding carboxylic acids is 1. The van der Waals surface area contributed by atoms with Crippen molar-refractivity contribution in [3.63, 3.8) is 0 Å². The van der Waals surface area contributed by atoms with E-state index in [9.17, 15) is 4.79 Å². The van der Waals surface area contributed by atoms with Gasteiger partial charge in [0.15, 0.2) is 0 Å². The Morgan fingerprint density at radius 3 is 2.44 bits per heavy atom. The number of nitrogens with zero attached hydrogens (tertiary/aromatic N) is 1. The molecule has 0 aliphatic rings. The highest BCUT2D eigenvalue weighted by atomic mass is 16.6. The number of anilines is 1. The summed E-state index contributed by atoms with van der Waals surface area (Å²) in [6.07, 6.45) is -0.663. The van der Waals surface area contributed by atoms with Crippen LogP contribution >= 0.6 is 0 Å². The molecule has 1 rings (SSSR count). The van der Waals surface area contributed by atoms with Gasteiger partial charge in [0.05, 0.1) is 0 Å². The molecular formula is C12H12N2O2. The van der Waals surface area contributed by atoms with Crippen LogP contribution in [0.1, 0.15) is 13.8 Å². The average Bonchev–Trinajstić information content (AvgIpc) is 2.27. The zero-order chi connectivity index (χ0) is 12.0. The van der Waals surface area contributed by atoms with Gasteiger partial charge in [0.2, 0.25) is 5.76 Å². The predicted octanol–water partition coefficient (Wildman–Crippen LogP) is 3.05. The Balaban J connectivity index is 2.63. The van der Waals surface area contributed by atoms with Crippen molar-refractivity contribution in [1.29, 1.82) is 5.26 Å². The molecule has 1 N–H and O–H groups in total. The molecule has 0 spiro atoms. The third-order valence-electron chi connectivity index (χ3n) is 1.77. The van der Waals surface area contributed by atoms with Crippen molar-refractivity contribution < 1.29 is 9.53 Å². The normalized spacial score (nSPS) is 8.81. The molecule has 0 atom stereocenters. The Morgan fingerprint density at radius 2 is 1.94 bits per heavy atom. The summed E-state index contributed by atoms with van der Waals surface area (Å²) in [4.78, 5) is 11.4. The predicted molar refractivity (Wildman–Crippen MR) is 60.5 cm³/mol. The lowest BCUT2D eigenvalue weighted by Gasteiger charge is -2.05. The summed E-state index contributed by atoms with van der Waals surface area (Å²) < 4.78 is 4.83. The maximum atomic E-state index is 11.4. The molecule has 0 saturated heterocycles. The van der Waals surface area contributed by atoms with E-state index in [1.54, 1.807) is 38.1 Å². The third kappa shape index (κ3) is 3.46. The summed E-state index contributed by atoms with van der Waals surface area (Å²) in [7, 11) is 0. The second-order valence-corrected chi connectivity index (χ2v) is 3.32. The molecule has 0 aliphatic heterocycles. The molecule has 1 aromatic carbocycles. The average molecular weight is 216 g/mol. The van der Waals surface area contributed by atoms with Crippen molar-refractivity contribution in [1.82, 2.24) is 0 Å². The van der Waals surface area contributed by atoms with Crippen LogP contribution < -0.4 is 5.32 Å². The number of allylic oxidation sites excluding steroid dienone is 2. The SMILES string of the molecule is CC(C)=C(C#N)OC(=O)Nc1ccccc1. The molecule has 0 heterocycles. The molecule has 0 aromatic heterocycles. The molecule has 0 radical (unpaired) electrons. The minimum absolute atomic E-state index is 0.0217. The fourth-order valence-electron chi connectivity index (χ4n) is 0.994. The van der Waals surface area contributed by atoms with Crippen LogP contribution in [0.25, 0.3) is 0 Å². The molecular weight excluding hydrogens is 204 g/mol. The van der Waals surface area contributed by atoms with Crippen molar-refractivity contribution >= 4 is 11.8 Å². The molecule has 1 amide bonds. The van der Waals surface area contributed by atoms with E-state index in [0.29, 0.717) is 11.3 Å². The topological polar surface area (TPSA) is 62.1 Å². The van der Waals surface area contributed by atoms with Crippen molar-refractivity contribution in [3.8, 4) is 6.07 Å². The highest BCUT2D eigenvalue weighted by molar-refractivity contribution is 5.85. The Labute approximate surface area is 94.1 Å². The zero-order valence-electron chi connectivity index (χ0n) is 9.15. The molecule has 4 nitrogen and oxygen atoms in total. The standard InChI is InChI=1S/C12H12N2O2/c1-9(2)11(8-13)16-12(15)14-10-6-4-3-5-7-10/h3-7H,1-2H3,(H,14,15). The van der Waals surface area contributed by atoms with Crippen molar-refractivity contribution in [3.05, 3.63) is 41.7 Å². The van der Waals surface area contributed by atoms with Gasteiger partial charge in [0.1, 0.15) is 6.07 Å². The van der Waals surface area contributed by atoms with E-state index < -0.39 is 6.09 Å². The lowest BCUT2D eigenvalue weighted by Crippen LogP contribution is -2.13.